The molecule has 1 aromatic carbocycles. The Bertz CT molecular complexity index is 656. The number of thiazole rings is 1. The number of fused-ring (bicyclic) bond motifs is 2. The average molecular weight is 316 g/mol. The van der Waals surface area contributed by atoms with Crippen molar-refractivity contribution in [3.8, 4) is 0 Å². The van der Waals surface area contributed by atoms with Gasteiger partial charge in [0.05, 0.1) is 5.51 Å². The lowest BCUT2D eigenvalue weighted by molar-refractivity contribution is 0.0566. The Morgan fingerprint density at radius 3 is 2.45 bits per heavy atom. The lowest BCUT2D eigenvalue weighted by Crippen LogP contribution is -2.46. The number of hydrogen-bond donors (Lipinski definition) is 0. The van der Waals surface area contributed by atoms with Crippen molar-refractivity contribution >= 4 is 17.2 Å². The number of carbonyl (C=O) groups excluding carboxylic acids is 1. The largest absolute Gasteiger partial charge is 0.331 e. The fraction of sp³-hybridized carbons (Fsp3) is 0.412. The van der Waals surface area contributed by atoms with Crippen molar-refractivity contribution in [3.63, 3.8) is 0 Å². The molecule has 2 bridgehead atoms. The number of rotatable bonds is 2. The summed E-state index contributed by atoms with van der Waals surface area (Å²) in [7, 11) is 0. The first-order valence-electron chi connectivity index (χ1n) is 7.68. The zero-order valence-electron chi connectivity index (χ0n) is 12.1. The van der Waals surface area contributed by atoms with Crippen LogP contribution in [-0.4, -0.2) is 27.9 Å². The predicted molar refractivity (Wildman–Crippen MR) is 83.5 cm³/mol. The summed E-state index contributed by atoms with van der Waals surface area (Å²) in [5, 5.41) is 1.83. The third kappa shape index (κ3) is 2.33. The first kappa shape index (κ1) is 13.9. The van der Waals surface area contributed by atoms with Gasteiger partial charge in [0.15, 0.2) is 0 Å². The van der Waals surface area contributed by atoms with Crippen LogP contribution in [0.1, 0.15) is 47.7 Å². The molecule has 2 unspecified atom stereocenters. The standard InChI is InChI=1S/C17H17FN2OS/c18-13-3-1-11(2-4-13)12-7-14-5-6-15(8-12)20(14)17(21)16-9-22-10-19-16/h1-4,9-10,12,14-15H,5-8H2. The molecule has 0 spiro atoms. The van der Waals surface area contributed by atoms with Gasteiger partial charge < -0.3 is 4.90 Å². The van der Waals surface area contributed by atoms with E-state index in [1.54, 1.807) is 5.51 Å². The van der Waals surface area contributed by atoms with Gasteiger partial charge in [-0.15, -0.1) is 11.3 Å². The van der Waals surface area contributed by atoms with Crippen LogP contribution in [0.2, 0.25) is 0 Å². The summed E-state index contributed by atoms with van der Waals surface area (Å²) in [6, 6.07) is 7.42. The number of piperidine rings is 1. The molecular formula is C17H17FN2OS. The second-order valence-corrected chi connectivity index (χ2v) is 6.91. The van der Waals surface area contributed by atoms with E-state index in [1.165, 1.54) is 29.0 Å². The third-order valence-electron chi connectivity index (χ3n) is 4.96. The highest BCUT2D eigenvalue weighted by Gasteiger charge is 2.44. The van der Waals surface area contributed by atoms with Crippen molar-refractivity contribution < 1.29 is 9.18 Å². The molecule has 4 rings (SSSR count). The second-order valence-electron chi connectivity index (χ2n) is 6.19. The lowest BCUT2D eigenvalue weighted by Gasteiger charge is -2.39. The molecule has 2 fully saturated rings. The van der Waals surface area contributed by atoms with Crippen LogP contribution < -0.4 is 0 Å². The maximum Gasteiger partial charge on any atom is 0.273 e. The van der Waals surface area contributed by atoms with Crippen LogP contribution in [0.5, 0.6) is 0 Å². The van der Waals surface area contributed by atoms with E-state index in [9.17, 15) is 9.18 Å². The Hall–Kier alpha value is -1.75. The van der Waals surface area contributed by atoms with Crippen LogP contribution in [0.3, 0.4) is 0 Å². The molecule has 0 N–H and O–H groups in total. The Labute approximate surface area is 132 Å². The smallest absolute Gasteiger partial charge is 0.273 e. The van der Waals surface area contributed by atoms with Crippen LogP contribution in [0, 0.1) is 5.82 Å². The normalized spacial score (nSPS) is 27.1. The predicted octanol–water partition coefficient (Wildman–Crippen LogP) is 3.83. The number of benzene rings is 1. The van der Waals surface area contributed by atoms with Gasteiger partial charge >= 0.3 is 0 Å². The third-order valence-corrected chi connectivity index (χ3v) is 5.55. The molecule has 0 saturated carbocycles. The molecule has 3 heterocycles. The fourth-order valence-corrected chi connectivity index (χ4v) is 4.49. The van der Waals surface area contributed by atoms with E-state index < -0.39 is 0 Å². The number of hydrogen-bond acceptors (Lipinski definition) is 3. The van der Waals surface area contributed by atoms with Crippen LogP contribution in [0.15, 0.2) is 35.2 Å². The SMILES string of the molecule is O=C(c1cscn1)N1C2CCC1CC(c1ccc(F)cc1)C2. The molecule has 1 aromatic heterocycles. The summed E-state index contributed by atoms with van der Waals surface area (Å²) in [5.41, 5.74) is 3.47. The lowest BCUT2D eigenvalue weighted by atomic mass is 9.85. The number of nitrogens with zero attached hydrogens (tertiary/aromatic N) is 2. The van der Waals surface area contributed by atoms with E-state index in [2.05, 4.69) is 9.88 Å². The Morgan fingerprint density at radius 2 is 1.86 bits per heavy atom. The molecule has 3 nitrogen and oxygen atoms in total. The maximum absolute atomic E-state index is 13.1. The minimum Gasteiger partial charge on any atom is -0.331 e. The first-order valence-corrected chi connectivity index (χ1v) is 8.63. The van der Waals surface area contributed by atoms with Crippen LogP contribution in [-0.2, 0) is 0 Å². The quantitative estimate of drug-likeness (QED) is 0.843. The molecule has 0 aliphatic carbocycles. The monoisotopic (exact) mass is 316 g/mol. The number of aromatic nitrogens is 1. The fourth-order valence-electron chi connectivity index (χ4n) is 3.97. The van der Waals surface area contributed by atoms with Crippen molar-refractivity contribution in [2.24, 2.45) is 0 Å². The zero-order chi connectivity index (χ0) is 15.1. The van der Waals surface area contributed by atoms with Crippen LogP contribution >= 0.6 is 11.3 Å². The first-order chi connectivity index (χ1) is 10.7. The summed E-state index contributed by atoms with van der Waals surface area (Å²) in [6.45, 7) is 0. The summed E-state index contributed by atoms with van der Waals surface area (Å²) < 4.78 is 13.1. The Morgan fingerprint density at radius 1 is 1.18 bits per heavy atom. The second kappa shape index (κ2) is 5.47. The van der Waals surface area contributed by atoms with E-state index in [0.29, 0.717) is 23.7 Å². The molecule has 2 aromatic rings. The molecule has 5 heteroatoms. The van der Waals surface area contributed by atoms with Crippen molar-refractivity contribution in [2.75, 3.05) is 0 Å². The minimum absolute atomic E-state index is 0.0753. The summed E-state index contributed by atoms with van der Waals surface area (Å²) in [6.07, 6.45) is 4.08. The van der Waals surface area contributed by atoms with Gasteiger partial charge in [-0.3, -0.25) is 4.79 Å². The molecule has 2 aliphatic rings. The van der Waals surface area contributed by atoms with E-state index >= 15 is 0 Å². The molecule has 2 saturated heterocycles. The average Bonchev–Trinajstić information content (AvgIpc) is 3.14. The van der Waals surface area contributed by atoms with Crippen molar-refractivity contribution in [3.05, 3.63) is 52.2 Å². The highest BCUT2D eigenvalue weighted by molar-refractivity contribution is 7.07. The van der Waals surface area contributed by atoms with Crippen LogP contribution in [0.25, 0.3) is 0 Å². The maximum atomic E-state index is 13.1. The summed E-state index contributed by atoms with van der Waals surface area (Å²) in [4.78, 5) is 18.8. The van der Waals surface area contributed by atoms with Gasteiger partial charge in [-0.05, 0) is 49.3 Å². The van der Waals surface area contributed by atoms with Gasteiger partial charge in [0.2, 0.25) is 0 Å². The molecule has 0 radical (unpaired) electrons. The van der Waals surface area contributed by atoms with E-state index in [-0.39, 0.29) is 11.7 Å². The number of halogens is 1. The summed E-state index contributed by atoms with van der Waals surface area (Å²) in [5.74, 6) is 0.312. The van der Waals surface area contributed by atoms with Crippen LogP contribution in [0.4, 0.5) is 4.39 Å². The zero-order valence-corrected chi connectivity index (χ0v) is 12.9. The van der Waals surface area contributed by atoms with E-state index in [4.69, 9.17) is 0 Å². The molecule has 1 amide bonds. The number of carbonyl (C=O) groups is 1. The topological polar surface area (TPSA) is 33.2 Å². The highest BCUT2D eigenvalue weighted by atomic mass is 32.1. The minimum atomic E-state index is -0.192. The molecule has 2 aliphatic heterocycles. The molecule has 22 heavy (non-hydrogen) atoms. The number of amides is 1. The Balaban J connectivity index is 1.54. The van der Waals surface area contributed by atoms with Gasteiger partial charge in [0.1, 0.15) is 11.5 Å². The van der Waals surface area contributed by atoms with Crippen molar-refractivity contribution in [1.82, 2.24) is 9.88 Å². The van der Waals surface area contributed by atoms with Crippen molar-refractivity contribution in [2.45, 2.75) is 43.7 Å². The highest BCUT2D eigenvalue weighted by Crippen LogP contribution is 2.43. The van der Waals surface area contributed by atoms with E-state index in [0.717, 1.165) is 25.7 Å². The Kier molecular flexibility index (Phi) is 3.45. The van der Waals surface area contributed by atoms with Gasteiger partial charge in [-0.2, -0.15) is 0 Å². The van der Waals surface area contributed by atoms with Gasteiger partial charge in [-0.1, -0.05) is 12.1 Å². The molecular weight excluding hydrogens is 299 g/mol. The molecule has 114 valence electrons. The van der Waals surface area contributed by atoms with Gasteiger partial charge in [0.25, 0.3) is 5.91 Å². The van der Waals surface area contributed by atoms with E-state index in [1.807, 2.05) is 17.5 Å². The van der Waals surface area contributed by atoms with Gasteiger partial charge in [-0.25, -0.2) is 9.37 Å². The van der Waals surface area contributed by atoms with Gasteiger partial charge in [0, 0.05) is 17.5 Å². The summed E-state index contributed by atoms with van der Waals surface area (Å²) >= 11 is 1.46. The van der Waals surface area contributed by atoms with Crippen molar-refractivity contribution in [1.29, 1.82) is 0 Å². The molecule has 2 atom stereocenters.